The monoisotopic (exact) mass is 545 g/mol. The molecule has 38 heavy (non-hydrogen) atoms. The number of amides is 2. The van der Waals surface area contributed by atoms with Crippen LogP contribution in [0, 0.1) is 11.8 Å². The lowest BCUT2D eigenvalue weighted by Crippen LogP contribution is -2.44. The largest absolute Gasteiger partial charge is 0.460 e. The van der Waals surface area contributed by atoms with Gasteiger partial charge in [-0.1, -0.05) is 50.6 Å². The molecular formula is C28H39N3O6S. The second kappa shape index (κ2) is 13.8. The molecule has 2 amide bonds. The Hall–Kier alpha value is -2.82. The van der Waals surface area contributed by atoms with Gasteiger partial charge in [-0.25, -0.2) is 9.78 Å². The molecule has 0 spiro atoms. The lowest BCUT2D eigenvalue weighted by atomic mass is 9.94. The first-order valence-corrected chi connectivity index (χ1v) is 14.1. The zero-order valence-electron chi connectivity index (χ0n) is 22.5. The van der Waals surface area contributed by atoms with E-state index in [1.807, 2.05) is 27.7 Å². The first-order valence-electron chi connectivity index (χ1n) is 13.2. The number of nitrogens with zero attached hydrogens (tertiary/aromatic N) is 2. The molecule has 1 aromatic heterocycles. The van der Waals surface area contributed by atoms with Gasteiger partial charge in [0.2, 0.25) is 5.91 Å². The number of aromatic nitrogens is 1. The molecule has 0 saturated carbocycles. The number of aliphatic hydroxyl groups is 2. The Labute approximate surface area is 228 Å². The third-order valence-corrected chi connectivity index (χ3v) is 7.56. The number of esters is 1. The Morgan fingerprint density at radius 2 is 1.97 bits per heavy atom. The van der Waals surface area contributed by atoms with Crippen molar-refractivity contribution in [2.45, 2.75) is 77.7 Å². The fourth-order valence-electron chi connectivity index (χ4n) is 4.77. The Bertz CT molecular complexity index is 1080. The Kier molecular flexibility index (Phi) is 10.8. The summed E-state index contributed by atoms with van der Waals surface area (Å²) in [7, 11) is 0. The summed E-state index contributed by atoms with van der Waals surface area (Å²) >= 11 is 1.27. The number of carbonyl (C=O) groups excluding carboxylic acids is 3. The minimum atomic E-state index is -0.860. The molecule has 3 N–H and O–H groups in total. The average molecular weight is 546 g/mol. The van der Waals surface area contributed by atoms with Gasteiger partial charge in [-0.2, -0.15) is 0 Å². The van der Waals surface area contributed by atoms with Crippen LogP contribution in [0.2, 0.25) is 0 Å². The van der Waals surface area contributed by atoms with Crippen molar-refractivity contribution in [2.24, 2.45) is 11.8 Å². The Morgan fingerprint density at radius 3 is 2.71 bits per heavy atom. The van der Waals surface area contributed by atoms with Crippen LogP contribution >= 0.6 is 11.3 Å². The fourth-order valence-corrected chi connectivity index (χ4v) is 5.61. The summed E-state index contributed by atoms with van der Waals surface area (Å²) in [6.45, 7) is 8.37. The number of rotatable bonds is 1. The molecule has 1 fully saturated rings. The molecule has 1 unspecified atom stereocenters. The summed E-state index contributed by atoms with van der Waals surface area (Å²) in [5, 5.41) is 25.8. The van der Waals surface area contributed by atoms with Crippen molar-refractivity contribution in [1.29, 1.82) is 0 Å². The highest BCUT2D eigenvalue weighted by atomic mass is 32.1. The lowest BCUT2D eigenvalue weighted by molar-refractivity contribution is -0.158. The maximum absolute atomic E-state index is 13.3. The molecule has 9 nitrogen and oxygen atoms in total. The van der Waals surface area contributed by atoms with Crippen molar-refractivity contribution in [3.8, 4) is 0 Å². The van der Waals surface area contributed by atoms with E-state index in [0.717, 1.165) is 5.57 Å². The number of hydrogen-bond donors (Lipinski definition) is 3. The number of nitrogens with one attached hydrogen (secondary N) is 1. The predicted molar refractivity (Wildman–Crippen MR) is 145 cm³/mol. The van der Waals surface area contributed by atoms with Crippen molar-refractivity contribution >= 4 is 29.1 Å². The lowest BCUT2D eigenvalue weighted by Gasteiger charge is -2.29. The zero-order valence-corrected chi connectivity index (χ0v) is 23.3. The first kappa shape index (κ1) is 29.7. The highest BCUT2D eigenvalue weighted by Gasteiger charge is 2.38. The Balaban J connectivity index is 1.85. The van der Waals surface area contributed by atoms with Gasteiger partial charge in [0.25, 0.3) is 5.91 Å². The van der Waals surface area contributed by atoms with Crippen LogP contribution in [0.5, 0.6) is 0 Å². The Morgan fingerprint density at radius 1 is 1.21 bits per heavy atom. The van der Waals surface area contributed by atoms with Crippen molar-refractivity contribution in [2.75, 3.05) is 13.1 Å². The molecule has 3 rings (SSSR count). The van der Waals surface area contributed by atoms with E-state index in [2.05, 4.69) is 10.3 Å². The number of carbonyl (C=O) groups is 3. The van der Waals surface area contributed by atoms with Gasteiger partial charge in [0.15, 0.2) is 0 Å². The number of allylic oxidation sites excluding steroid dienone is 2. The van der Waals surface area contributed by atoms with Gasteiger partial charge in [-0.05, 0) is 31.8 Å². The van der Waals surface area contributed by atoms with Crippen LogP contribution in [0.3, 0.4) is 0 Å². The molecule has 0 aliphatic carbocycles. The van der Waals surface area contributed by atoms with Crippen molar-refractivity contribution in [3.63, 3.8) is 0 Å². The molecule has 3 heterocycles. The normalized spacial score (nSPS) is 31.7. The molecule has 2 aliphatic heterocycles. The molecule has 2 aliphatic rings. The van der Waals surface area contributed by atoms with E-state index in [1.165, 1.54) is 22.3 Å². The van der Waals surface area contributed by atoms with E-state index in [4.69, 9.17) is 4.74 Å². The minimum absolute atomic E-state index is 0.00210. The maximum atomic E-state index is 13.3. The molecule has 0 aromatic carbocycles. The van der Waals surface area contributed by atoms with E-state index in [9.17, 15) is 24.6 Å². The van der Waals surface area contributed by atoms with Crippen LogP contribution in [-0.2, 0) is 20.7 Å². The quantitative estimate of drug-likeness (QED) is 0.463. The van der Waals surface area contributed by atoms with Crippen LogP contribution in [0.1, 0.15) is 62.5 Å². The van der Waals surface area contributed by atoms with Crippen molar-refractivity contribution in [1.82, 2.24) is 15.2 Å². The molecule has 10 heteroatoms. The molecule has 0 radical (unpaired) electrons. The van der Waals surface area contributed by atoms with Crippen LogP contribution < -0.4 is 5.32 Å². The molecule has 1 saturated heterocycles. The van der Waals surface area contributed by atoms with Crippen molar-refractivity contribution in [3.05, 3.63) is 52.0 Å². The predicted octanol–water partition coefficient (Wildman–Crippen LogP) is 2.79. The summed E-state index contributed by atoms with van der Waals surface area (Å²) in [5.41, 5.74) is 1.03. The van der Waals surface area contributed by atoms with Crippen LogP contribution in [0.4, 0.5) is 0 Å². The highest BCUT2D eigenvalue weighted by Crippen LogP contribution is 2.26. The zero-order chi connectivity index (χ0) is 27.8. The van der Waals surface area contributed by atoms with Crippen molar-refractivity contribution < 1.29 is 29.3 Å². The van der Waals surface area contributed by atoms with E-state index in [0.29, 0.717) is 30.9 Å². The van der Waals surface area contributed by atoms with Gasteiger partial charge in [0, 0.05) is 37.2 Å². The molecule has 1 aromatic rings. The second-order valence-corrected chi connectivity index (χ2v) is 11.3. The summed E-state index contributed by atoms with van der Waals surface area (Å²) < 4.78 is 5.91. The number of thiazole rings is 1. The summed E-state index contributed by atoms with van der Waals surface area (Å²) in [5.74, 6) is -1.27. The third-order valence-electron chi connectivity index (χ3n) is 6.69. The van der Waals surface area contributed by atoms with E-state index >= 15 is 0 Å². The third kappa shape index (κ3) is 8.34. The van der Waals surface area contributed by atoms with Gasteiger partial charge >= 0.3 is 5.97 Å². The smallest absolute Gasteiger partial charge is 0.329 e. The molecule has 5 atom stereocenters. The van der Waals surface area contributed by atoms with E-state index < -0.39 is 30.3 Å². The van der Waals surface area contributed by atoms with Gasteiger partial charge in [-0.15, -0.1) is 11.3 Å². The van der Waals surface area contributed by atoms with Crippen LogP contribution in [0.25, 0.3) is 0 Å². The standard InChI is InChI=1S/C28H39N3O6S/c1-17(2)26-19(4)9-10-24(34)29-11-5-7-18(3)13-20(32)14-21(33)15-25-30-22(16-38-25)27(35)31-12-6-8-23(31)28(36)37-26/h5,7,9-10,13,16-17,19-21,23,26,32-33H,6,8,11-12,14-15H2,1-4H3,(H,29,34)/b7-5+,10-9+,18-13+/t19-,20-,21+,23-,26?/m1/s1. The first-order chi connectivity index (χ1) is 18.0. The number of ether oxygens (including phenoxy) is 1. The summed E-state index contributed by atoms with van der Waals surface area (Å²) in [6, 6.07) is -0.697. The van der Waals surface area contributed by atoms with Crippen LogP contribution in [0.15, 0.2) is 41.3 Å². The fraction of sp³-hybridized carbons (Fsp3) is 0.571. The molecular weight excluding hydrogens is 506 g/mol. The minimum Gasteiger partial charge on any atom is -0.460 e. The highest BCUT2D eigenvalue weighted by molar-refractivity contribution is 7.09. The van der Waals surface area contributed by atoms with E-state index in [1.54, 1.807) is 29.7 Å². The topological polar surface area (TPSA) is 129 Å². The second-order valence-electron chi connectivity index (χ2n) is 10.4. The summed E-state index contributed by atoms with van der Waals surface area (Å²) in [6.07, 6.45) is 7.73. The van der Waals surface area contributed by atoms with Gasteiger partial charge in [0.1, 0.15) is 17.8 Å². The number of hydrogen-bond acceptors (Lipinski definition) is 8. The van der Waals surface area contributed by atoms with Gasteiger partial charge in [0.05, 0.1) is 17.2 Å². The average Bonchev–Trinajstić information content (AvgIpc) is 3.52. The summed E-state index contributed by atoms with van der Waals surface area (Å²) in [4.78, 5) is 44.7. The van der Waals surface area contributed by atoms with E-state index in [-0.39, 0.29) is 42.2 Å². The van der Waals surface area contributed by atoms with Crippen LogP contribution in [-0.4, -0.2) is 75.3 Å². The van der Waals surface area contributed by atoms with Gasteiger partial charge in [-0.3, -0.25) is 9.59 Å². The number of fused-ring (bicyclic) bond motifs is 3. The number of cyclic esters (lactones) is 1. The molecule has 208 valence electrons. The number of aliphatic hydroxyl groups excluding tert-OH is 2. The SMILES string of the molecule is CC1=C\[C@@H](O)C[C@H](O)Cc2nc(cs2)C(=O)N2CCC[C@@H]2C(=O)OC(C(C)C)[C@H](C)/C=C/C(=O)NC\C=C\1. The maximum Gasteiger partial charge on any atom is 0.329 e. The molecule has 2 bridgehead atoms. The van der Waals surface area contributed by atoms with Gasteiger partial charge < -0.3 is 25.2 Å².